The molecule has 1 aliphatic heterocycles. The third-order valence-corrected chi connectivity index (χ3v) is 9.31. The smallest absolute Gasteiger partial charge is 0.243 e. The molecule has 174 valence electrons. The molecule has 8 heteroatoms. The Hall–Kier alpha value is -2.06. The number of rotatable bonds is 6. The van der Waals surface area contributed by atoms with Crippen molar-refractivity contribution >= 4 is 39.1 Å². The topological polar surface area (TPSA) is 40.6 Å². The van der Waals surface area contributed by atoms with Crippen LogP contribution in [-0.2, 0) is 10.0 Å². The Morgan fingerprint density at radius 3 is 2.27 bits per heavy atom. The van der Waals surface area contributed by atoms with Gasteiger partial charge in [0.05, 0.1) is 10.6 Å². The summed E-state index contributed by atoms with van der Waals surface area (Å²) in [7, 11) is -0.476. The fourth-order valence-electron chi connectivity index (χ4n) is 4.13. The van der Waals surface area contributed by atoms with E-state index in [4.69, 9.17) is 11.6 Å². The van der Waals surface area contributed by atoms with Crippen LogP contribution >= 0.6 is 23.4 Å². The van der Waals surface area contributed by atoms with Gasteiger partial charge >= 0.3 is 0 Å². The van der Waals surface area contributed by atoms with Crippen LogP contribution in [0.2, 0.25) is 5.02 Å². The first kappa shape index (κ1) is 24.1. The standard InChI is InChI=1S/C25H26ClFN2O2S2/c1-28(2)33(30,31)25-10-6-5-9-24(25)32-23-8-4-3-7-22(23)29-15-13-18(14-16-29)20-12-11-19(26)17-21(20)27/h3-12,17-18H,13-16H2,1-2H3. The molecule has 0 spiro atoms. The zero-order valence-electron chi connectivity index (χ0n) is 18.5. The molecule has 0 radical (unpaired) electrons. The molecule has 33 heavy (non-hydrogen) atoms. The van der Waals surface area contributed by atoms with E-state index in [1.54, 1.807) is 38.4 Å². The van der Waals surface area contributed by atoms with Crippen molar-refractivity contribution in [2.24, 2.45) is 0 Å². The van der Waals surface area contributed by atoms with Crippen LogP contribution in [0.25, 0.3) is 0 Å². The summed E-state index contributed by atoms with van der Waals surface area (Å²) in [5.41, 5.74) is 1.79. The molecule has 1 aliphatic rings. The summed E-state index contributed by atoms with van der Waals surface area (Å²) in [6, 6.07) is 20.0. The highest BCUT2D eigenvalue weighted by atomic mass is 35.5. The first-order chi connectivity index (χ1) is 15.8. The normalized spacial score (nSPS) is 15.2. The van der Waals surface area contributed by atoms with Crippen molar-refractivity contribution < 1.29 is 12.8 Å². The average molecular weight is 505 g/mol. The number of anilines is 1. The van der Waals surface area contributed by atoms with Crippen LogP contribution in [0.1, 0.15) is 24.3 Å². The van der Waals surface area contributed by atoms with Gasteiger partial charge in [0.1, 0.15) is 5.82 Å². The summed E-state index contributed by atoms with van der Waals surface area (Å²) >= 11 is 7.37. The zero-order chi connectivity index (χ0) is 23.6. The van der Waals surface area contributed by atoms with Gasteiger partial charge in [-0.25, -0.2) is 17.1 Å². The number of para-hydroxylation sites is 1. The van der Waals surface area contributed by atoms with Gasteiger partial charge in [-0.05, 0) is 60.7 Å². The number of sulfonamides is 1. The van der Waals surface area contributed by atoms with E-state index >= 15 is 0 Å². The van der Waals surface area contributed by atoms with Gasteiger partial charge in [0, 0.05) is 42.0 Å². The average Bonchev–Trinajstić information content (AvgIpc) is 2.80. The zero-order valence-corrected chi connectivity index (χ0v) is 20.9. The first-order valence-corrected chi connectivity index (χ1v) is 13.4. The minimum atomic E-state index is -3.56. The van der Waals surface area contributed by atoms with Gasteiger partial charge in [-0.1, -0.05) is 53.7 Å². The van der Waals surface area contributed by atoms with Crippen molar-refractivity contribution in [1.82, 2.24) is 4.31 Å². The van der Waals surface area contributed by atoms with Gasteiger partial charge in [0.25, 0.3) is 0 Å². The molecule has 0 N–H and O–H groups in total. The molecule has 0 saturated carbocycles. The highest BCUT2D eigenvalue weighted by Crippen LogP contribution is 2.41. The molecule has 1 saturated heterocycles. The second-order valence-electron chi connectivity index (χ2n) is 8.23. The van der Waals surface area contributed by atoms with Gasteiger partial charge in [-0.2, -0.15) is 0 Å². The van der Waals surface area contributed by atoms with Crippen molar-refractivity contribution in [2.75, 3.05) is 32.1 Å². The predicted molar refractivity (Wildman–Crippen MR) is 133 cm³/mol. The molecule has 0 unspecified atom stereocenters. The van der Waals surface area contributed by atoms with Crippen LogP contribution in [0.15, 0.2) is 81.4 Å². The lowest BCUT2D eigenvalue weighted by Gasteiger charge is -2.35. The molecule has 0 bridgehead atoms. The van der Waals surface area contributed by atoms with Crippen molar-refractivity contribution in [2.45, 2.75) is 33.4 Å². The van der Waals surface area contributed by atoms with Gasteiger partial charge in [-0.3, -0.25) is 0 Å². The second kappa shape index (κ2) is 10.1. The lowest BCUT2D eigenvalue weighted by molar-refractivity contribution is 0.480. The van der Waals surface area contributed by atoms with E-state index in [1.165, 1.54) is 22.1 Å². The minimum absolute atomic E-state index is 0.157. The SMILES string of the molecule is CN(C)S(=O)(=O)c1ccccc1Sc1ccccc1N1CCC(c2ccc(Cl)cc2F)CC1. The van der Waals surface area contributed by atoms with E-state index < -0.39 is 10.0 Å². The van der Waals surface area contributed by atoms with Crippen LogP contribution in [0.5, 0.6) is 0 Å². The number of halogens is 2. The lowest BCUT2D eigenvalue weighted by atomic mass is 9.89. The molecule has 4 rings (SSSR count). The number of hydrogen-bond donors (Lipinski definition) is 0. The highest BCUT2D eigenvalue weighted by molar-refractivity contribution is 8.00. The largest absolute Gasteiger partial charge is 0.371 e. The fraction of sp³-hybridized carbons (Fsp3) is 0.280. The maximum atomic E-state index is 14.4. The summed E-state index contributed by atoms with van der Waals surface area (Å²) < 4.78 is 41.3. The lowest BCUT2D eigenvalue weighted by Crippen LogP contribution is -2.33. The summed E-state index contributed by atoms with van der Waals surface area (Å²) in [6.45, 7) is 1.59. The molecule has 0 aromatic heterocycles. The molecular formula is C25H26ClFN2O2S2. The van der Waals surface area contributed by atoms with E-state index in [0.29, 0.717) is 14.8 Å². The van der Waals surface area contributed by atoms with Crippen molar-refractivity contribution in [3.05, 3.63) is 83.1 Å². The Kier molecular flexibility index (Phi) is 7.34. The first-order valence-electron chi connectivity index (χ1n) is 10.8. The highest BCUT2D eigenvalue weighted by Gasteiger charge is 2.26. The Morgan fingerprint density at radius 2 is 1.61 bits per heavy atom. The maximum absolute atomic E-state index is 14.4. The van der Waals surface area contributed by atoms with Crippen molar-refractivity contribution in [3.63, 3.8) is 0 Å². The van der Waals surface area contributed by atoms with Crippen molar-refractivity contribution in [1.29, 1.82) is 0 Å². The van der Waals surface area contributed by atoms with Crippen LogP contribution in [0.3, 0.4) is 0 Å². The van der Waals surface area contributed by atoms with Gasteiger partial charge < -0.3 is 4.90 Å². The Balaban J connectivity index is 1.56. The van der Waals surface area contributed by atoms with Crippen LogP contribution < -0.4 is 4.90 Å². The molecule has 0 amide bonds. The van der Waals surface area contributed by atoms with E-state index in [0.717, 1.165) is 42.1 Å². The van der Waals surface area contributed by atoms with E-state index in [-0.39, 0.29) is 11.7 Å². The Bertz CT molecular complexity index is 1240. The molecule has 0 aliphatic carbocycles. The molecule has 4 nitrogen and oxygen atoms in total. The van der Waals surface area contributed by atoms with Gasteiger partial charge in [0.2, 0.25) is 10.0 Å². The van der Waals surface area contributed by atoms with Gasteiger partial charge in [-0.15, -0.1) is 0 Å². The number of nitrogens with zero attached hydrogens (tertiary/aromatic N) is 2. The molecule has 0 atom stereocenters. The summed E-state index contributed by atoms with van der Waals surface area (Å²) in [6.07, 6.45) is 1.67. The van der Waals surface area contributed by atoms with Crippen molar-refractivity contribution in [3.8, 4) is 0 Å². The summed E-state index contributed by atoms with van der Waals surface area (Å²) in [5, 5.41) is 0.413. The quantitative estimate of drug-likeness (QED) is 0.397. The van der Waals surface area contributed by atoms with E-state index in [2.05, 4.69) is 11.0 Å². The van der Waals surface area contributed by atoms with Gasteiger partial charge in [0.15, 0.2) is 0 Å². The number of piperidine rings is 1. The van der Waals surface area contributed by atoms with E-state index in [9.17, 15) is 12.8 Å². The van der Waals surface area contributed by atoms with Crippen LogP contribution in [0, 0.1) is 5.82 Å². The monoisotopic (exact) mass is 504 g/mol. The van der Waals surface area contributed by atoms with Crippen LogP contribution in [-0.4, -0.2) is 39.9 Å². The number of benzene rings is 3. The number of hydrogen-bond acceptors (Lipinski definition) is 4. The molecule has 3 aromatic carbocycles. The van der Waals surface area contributed by atoms with E-state index in [1.807, 2.05) is 30.3 Å². The predicted octanol–water partition coefficient (Wildman–Crippen LogP) is 6.26. The summed E-state index contributed by atoms with van der Waals surface area (Å²) in [5.74, 6) is -0.0834. The molecule has 1 heterocycles. The Morgan fingerprint density at radius 1 is 0.970 bits per heavy atom. The molecule has 3 aromatic rings. The molecular weight excluding hydrogens is 479 g/mol. The molecule has 1 fully saturated rings. The second-order valence-corrected chi connectivity index (χ2v) is 11.9. The third-order valence-electron chi connectivity index (χ3n) is 5.93. The summed E-state index contributed by atoms with van der Waals surface area (Å²) in [4.78, 5) is 4.29. The third kappa shape index (κ3) is 5.22. The fourth-order valence-corrected chi connectivity index (χ4v) is 6.70. The van der Waals surface area contributed by atoms with Crippen LogP contribution in [0.4, 0.5) is 10.1 Å². The Labute approximate surface area is 204 Å². The minimum Gasteiger partial charge on any atom is -0.371 e. The maximum Gasteiger partial charge on any atom is 0.243 e.